The van der Waals surface area contributed by atoms with Crippen LogP contribution in [-0.2, 0) is 11.0 Å². The highest BCUT2D eigenvalue weighted by molar-refractivity contribution is 14.1. The lowest BCUT2D eigenvalue weighted by molar-refractivity contribution is 0.289. The van der Waals surface area contributed by atoms with E-state index in [1.165, 1.54) is 0 Å². The molecule has 75 heavy (non-hydrogen) atoms. The third-order valence-corrected chi connectivity index (χ3v) is 20.5. The van der Waals surface area contributed by atoms with Gasteiger partial charge in [-0.05, 0) is 195 Å². The van der Waals surface area contributed by atoms with Crippen molar-refractivity contribution in [2.75, 3.05) is 11.9 Å². The van der Waals surface area contributed by atoms with Crippen molar-refractivity contribution in [3.8, 4) is 34.2 Å². The zero-order valence-electron chi connectivity index (χ0n) is 43.3. The quantitative estimate of drug-likeness (QED) is 0.0426. The molecule has 0 radical (unpaired) electrons. The van der Waals surface area contributed by atoms with Gasteiger partial charge in [-0.15, -0.1) is 30.6 Å². The number of alkyl halides is 1. The lowest BCUT2D eigenvalue weighted by Gasteiger charge is -2.36. The minimum absolute atomic E-state index is 0.347. The SMILES string of the molecule is CC(C)(C)[Si](C)(C)OCCCBr.CCCCn1nnc(-c2cnc(C)c(I)c2)n1.Cc1ncc(-c2nn[nH]n2)cc1Br.Cc1ncc(-c2nn[nH]n2)cc1I.[C-]#[N+]c1cnc(C)c(Br)c1.[C-]#[N+]c1cnc(C)c(I)c1. The van der Waals surface area contributed by atoms with Crippen molar-refractivity contribution in [2.45, 2.75) is 106 Å². The molecule has 20 nitrogen and oxygen atoms in total. The van der Waals surface area contributed by atoms with Crippen molar-refractivity contribution >= 4 is 135 Å². The molecule has 8 aromatic heterocycles. The Bertz CT molecular complexity index is 2950. The third kappa shape index (κ3) is 22.7. The molecule has 0 aromatic carbocycles. The maximum absolute atomic E-state index is 6.69. The van der Waals surface area contributed by atoms with Crippen LogP contribution in [0.5, 0.6) is 0 Å². The number of pyridine rings is 5. The van der Waals surface area contributed by atoms with Crippen LogP contribution < -0.4 is 0 Å². The molecule has 2 N–H and O–H groups in total. The number of H-pyrrole nitrogens is 2. The summed E-state index contributed by atoms with van der Waals surface area (Å²) in [6, 6.07) is 9.51. The molecule has 0 atom stereocenters. The van der Waals surface area contributed by atoms with Crippen LogP contribution in [0.3, 0.4) is 0 Å². The van der Waals surface area contributed by atoms with E-state index < -0.39 is 8.32 Å². The molecule has 0 aliphatic carbocycles. The van der Waals surface area contributed by atoms with Crippen LogP contribution in [0.4, 0.5) is 11.4 Å². The molecule has 0 aliphatic rings. The van der Waals surface area contributed by atoms with Crippen molar-refractivity contribution in [2.24, 2.45) is 0 Å². The molecule has 0 aliphatic heterocycles. The Morgan fingerprint density at radius 3 is 1.48 bits per heavy atom. The molecule has 0 fully saturated rings. The molecule has 8 aromatic rings. The van der Waals surface area contributed by atoms with Gasteiger partial charge in [-0.2, -0.15) is 15.2 Å². The summed E-state index contributed by atoms with van der Waals surface area (Å²) < 4.78 is 11.0. The van der Waals surface area contributed by atoms with E-state index in [1.54, 1.807) is 41.8 Å². The highest BCUT2D eigenvalue weighted by Crippen LogP contribution is 2.36. The second-order valence-corrected chi connectivity index (χ2v) is 28.1. The number of unbranched alkanes of at least 4 members (excludes halogenated alkanes) is 1. The molecule has 0 amide bonds. The largest absolute Gasteiger partial charge is 0.417 e. The molecule has 0 saturated heterocycles. The fourth-order valence-corrected chi connectivity index (χ4v) is 8.33. The molecule has 8 rings (SSSR count). The molecular formula is C48H57Br3I3N19OSi. The zero-order valence-corrected chi connectivity index (χ0v) is 55.5. The predicted octanol–water partition coefficient (Wildman–Crippen LogP) is 14.0. The average Bonchev–Trinajstić information content (AvgIpc) is 4.22. The first kappa shape index (κ1) is 65.0. The van der Waals surface area contributed by atoms with Crippen LogP contribution in [-0.4, -0.2) is 107 Å². The number of hydrogen-bond donors (Lipinski definition) is 2. The first-order valence-corrected chi connectivity index (χ1v) is 31.7. The summed E-state index contributed by atoms with van der Waals surface area (Å²) in [5, 5.41) is 41.0. The van der Waals surface area contributed by atoms with E-state index in [9.17, 15) is 0 Å². The fraction of sp³-hybridized carbons (Fsp3) is 0.375. The number of aryl methyl sites for hydroxylation is 6. The maximum atomic E-state index is 6.69. The van der Waals surface area contributed by atoms with E-state index in [0.717, 1.165) is 103 Å². The number of rotatable bonds is 10. The summed E-state index contributed by atoms with van der Waals surface area (Å²) in [6.45, 7) is 38.3. The van der Waals surface area contributed by atoms with Crippen LogP contribution in [0.2, 0.25) is 18.1 Å². The molecule has 396 valence electrons. The summed E-state index contributed by atoms with van der Waals surface area (Å²) in [7, 11) is -1.46. The first-order chi connectivity index (χ1) is 35.5. The molecule has 27 heteroatoms. The van der Waals surface area contributed by atoms with Crippen molar-refractivity contribution in [3.63, 3.8) is 0 Å². The van der Waals surface area contributed by atoms with Crippen LogP contribution in [0, 0.1) is 58.5 Å². The van der Waals surface area contributed by atoms with E-state index in [0.29, 0.717) is 33.9 Å². The number of nitrogens with zero attached hydrogens (tertiary/aromatic N) is 17. The van der Waals surface area contributed by atoms with Gasteiger partial charge in [0, 0.05) is 90.7 Å². The van der Waals surface area contributed by atoms with Gasteiger partial charge in [0.15, 0.2) is 8.32 Å². The van der Waals surface area contributed by atoms with Gasteiger partial charge in [-0.3, -0.25) is 24.9 Å². The molecule has 0 spiro atoms. The van der Waals surface area contributed by atoms with Crippen molar-refractivity contribution < 1.29 is 4.43 Å². The number of halogens is 6. The van der Waals surface area contributed by atoms with Crippen LogP contribution in [0.25, 0.3) is 43.9 Å². The second kappa shape index (κ2) is 33.1. The summed E-state index contributed by atoms with van der Waals surface area (Å²) in [5.41, 5.74) is 8.67. The molecule has 0 bridgehead atoms. The standard InChI is InChI=1S/C11H14IN5.C9H21BrOSi.C7H6BrN5.C7H5BrN2.C7H6IN5.C7H5IN2/c1-3-4-5-17-15-11(14-16-17)9-6-10(12)8(2)13-7-9;1-9(2,3)12(4,5)11-8-6-7-10;1-4-6(8)2-5(3-9-4)7-10-12-13-11-7;1-5-7(8)3-6(9-2)4-10-5;1-4-6(8)2-5(3-9-4)7-10-12-13-11-7;1-5-7(8)3-6(9-2)4-10-5/h6-7H,3-5H2,1-2H3;6-8H2,1-5H3;2-3H,1H3,(H,10,11,12,13);3-4H,1H3;2-3H,1H3,(H,10,11,12,13);3-4H,1H3. The minimum atomic E-state index is -1.46. The minimum Gasteiger partial charge on any atom is -0.417 e. The van der Waals surface area contributed by atoms with E-state index in [1.807, 2.05) is 58.9 Å². The Morgan fingerprint density at radius 2 is 1.07 bits per heavy atom. The van der Waals surface area contributed by atoms with Crippen molar-refractivity contribution in [3.05, 3.63) is 132 Å². The summed E-state index contributed by atoms with van der Waals surface area (Å²) in [4.78, 5) is 28.8. The van der Waals surface area contributed by atoms with Gasteiger partial charge in [0.2, 0.25) is 28.8 Å². The lowest BCUT2D eigenvalue weighted by Crippen LogP contribution is -2.41. The zero-order chi connectivity index (χ0) is 55.7. The Balaban J connectivity index is 0.000000240. The van der Waals surface area contributed by atoms with Gasteiger partial charge in [0.05, 0.1) is 36.8 Å². The highest BCUT2D eigenvalue weighted by atomic mass is 127. The topological polar surface area (TPSA) is 235 Å². The summed E-state index contributed by atoms with van der Waals surface area (Å²) in [6.07, 6.45) is 11.7. The number of aromatic nitrogens is 17. The highest BCUT2D eigenvalue weighted by Gasteiger charge is 2.36. The molecular weight excluding hydrogens is 1510 g/mol. The van der Waals surface area contributed by atoms with Crippen LogP contribution >= 0.6 is 116 Å². The smallest absolute Gasteiger partial charge is 0.206 e. The Kier molecular flexibility index (Phi) is 28.7. The van der Waals surface area contributed by atoms with E-state index in [2.05, 4.69) is 248 Å². The molecule has 0 saturated carbocycles. The maximum Gasteiger partial charge on any atom is 0.206 e. The van der Waals surface area contributed by atoms with Gasteiger partial charge >= 0.3 is 0 Å². The van der Waals surface area contributed by atoms with Gasteiger partial charge < -0.3 is 4.43 Å². The third-order valence-electron chi connectivity index (χ3n) is 10.5. The van der Waals surface area contributed by atoms with E-state index in [-0.39, 0.29) is 0 Å². The first-order valence-electron chi connectivity index (χ1n) is 22.8. The van der Waals surface area contributed by atoms with Gasteiger partial charge in [0.1, 0.15) is 0 Å². The molecule has 8 heterocycles. The predicted molar refractivity (Wildman–Crippen MR) is 331 cm³/mol. The Labute approximate surface area is 505 Å². The Hall–Kier alpha value is -4.25. The number of nitrogens with one attached hydrogen (secondary N) is 2. The van der Waals surface area contributed by atoms with Crippen molar-refractivity contribution in [1.82, 2.24) is 86.4 Å². The summed E-state index contributed by atoms with van der Waals surface area (Å²) >= 11 is 16.7. The van der Waals surface area contributed by atoms with Crippen LogP contribution in [0.15, 0.2) is 70.3 Å². The number of aromatic amines is 2. The fourth-order valence-electron chi connectivity index (χ4n) is 4.92. The van der Waals surface area contributed by atoms with E-state index >= 15 is 0 Å². The van der Waals surface area contributed by atoms with Crippen molar-refractivity contribution in [1.29, 1.82) is 0 Å². The monoisotopic (exact) mass is 1560 g/mol. The average molecular weight is 1560 g/mol. The van der Waals surface area contributed by atoms with E-state index in [4.69, 9.17) is 17.6 Å². The van der Waals surface area contributed by atoms with Gasteiger partial charge in [0.25, 0.3) is 0 Å². The summed E-state index contributed by atoms with van der Waals surface area (Å²) in [5.74, 6) is 1.77. The Morgan fingerprint density at radius 1 is 0.627 bits per heavy atom. The lowest BCUT2D eigenvalue weighted by atomic mass is 10.2. The van der Waals surface area contributed by atoms with Gasteiger partial charge in [-0.25, -0.2) is 9.69 Å². The number of tetrazole rings is 3. The number of hydrogen-bond acceptors (Lipinski definition) is 15. The van der Waals surface area contributed by atoms with Crippen LogP contribution in [0.1, 0.15) is 75.4 Å². The molecule has 0 unspecified atom stereocenters. The normalized spacial score (nSPS) is 10.5. The van der Waals surface area contributed by atoms with Gasteiger partial charge in [-0.1, -0.05) is 66.0 Å². The second-order valence-electron chi connectivity index (χ2n) is 17.3.